The lowest BCUT2D eigenvalue weighted by molar-refractivity contribution is -0.115. The number of hydrogen-bond acceptors (Lipinski definition) is 3. The van der Waals surface area contributed by atoms with Gasteiger partial charge in [0.15, 0.2) is 0 Å². The van der Waals surface area contributed by atoms with E-state index in [9.17, 15) is 14.1 Å². The lowest BCUT2D eigenvalue weighted by atomic mass is 10.0. The lowest BCUT2D eigenvalue weighted by Crippen LogP contribution is -2.20. The van der Waals surface area contributed by atoms with Crippen molar-refractivity contribution in [2.24, 2.45) is 5.73 Å². The van der Waals surface area contributed by atoms with Crippen LogP contribution in [-0.2, 0) is 21.3 Å². The Hall–Kier alpha value is -2.14. The number of phenols is 1. The van der Waals surface area contributed by atoms with Crippen LogP contribution in [0.2, 0.25) is 0 Å². The molecule has 0 radical (unpaired) electrons. The van der Waals surface area contributed by atoms with Gasteiger partial charge in [0.25, 0.3) is 0 Å². The summed E-state index contributed by atoms with van der Waals surface area (Å²) in [6.07, 6.45) is 0. The largest absolute Gasteiger partial charge is 0.508 e. The second-order valence-corrected chi connectivity index (χ2v) is 5.86. The zero-order chi connectivity index (χ0) is 14.5. The topological polar surface area (TPSA) is 80.4 Å². The molecule has 4 nitrogen and oxygen atoms in total. The molecular formula is C15H15NO3S. The van der Waals surface area contributed by atoms with Crippen molar-refractivity contribution >= 4 is 16.7 Å². The highest BCUT2D eigenvalue weighted by Crippen LogP contribution is 2.26. The molecule has 3 N–H and O–H groups in total. The van der Waals surface area contributed by atoms with Crippen molar-refractivity contribution < 1.29 is 14.1 Å². The molecule has 0 bridgehead atoms. The van der Waals surface area contributed by atoms with E-state index in [1.54, 1.807) is 24.3 Å². The number of primary amides is 1. The molecule has 2 aromatic rings. The van der Waals surface area contributed by atoms with Gasteiger partial charge in [0.2, 0.25) is 5.91 Å². The summed E-state index contributed by atoms with van der Waals surface area (Å²) in [5.74, 6) is -0.224. The second kappa shape index (κ2) is 6.34. The standard InChI is InChI=1S/C15H15NO3S/c16-15(18)10-20(19)9-12-3-1-2-4-14(12)11-5-7-13(17)8-6-11/h1-8,17H,9-10H2,(H2,16,18)/t20-/m0/s1. The van der Waals surface area contributed by atoms with E-state index >= 15 is 0 Å². The zero-order valence-electron chi connectivity index (χ0n) is 10.8. The Bertz CT molecular complexity index is 638. The van der Waals surface area contributed by atoms with Crippen molar-refractivity contribution in [1.82, 2.24) is 0 Å². The Balaban J connectivity index is 2.28. The van der Waals surface area contributed by atoms with Crippen molar-refractivity contribution in [3.63, 3.8) is 0 Å². The number of hydrogen-bond donors (Lipinski definition) is 2. The van der Waals surface area contributed by atoms with Gasteiger partial charge in [-0.3, -0.25) is 9.00 Å². The summed E-state index contributed by atoms with van der Waals surface area (Å²) in [5.41, 5.74) is 7.80. The monoisotopic (exact) mass is 289 g/mol. The first kappa shape index (κ1) is 14.3. The first-order chi connectivity index (χ1) is 9.56. The number of benzene rings is 2. The molecule has 0 aromatic heterocycles. The Morgan fingerprint density at radius 3 is 2.40 bits per heavy atom. The summed E-state index contributed by atoms with van der Waals surface area (Å²) in [6, 6.07) is 14.4. The van der Waals surface area contributed by atoms with Crippen LogP contribution < -0.4 is 5.73 Å². The highest BCUT2D eigenvalue weighted by Gasteiger charge is 2.10. The molecule has 5 heteroatoms. The molecular weight excluding hydrogens is 274 g/mol. The van der Waals surface area contributed by atoms with Gasteiger partial charge in [-0.25, -0.2) is 0 Å². The molecule has 0 unspecified atom stereocenters. The normalized spacial score (nSPS) is 12.0. The third-order valence-electron chi connectivity index (χ3n) is 2.82. The zero-order valence-corrected chi connectivity index (χ0v) is 11.6. The fourth-order valence-corrected chi connectivity index (χ4v) is 2.97. The van der Waals surface area contributed by atoms with E-state index < -0.39 is 16.7 Å². The van der Waals surface area contributed by atoms with Crippen molar-refractivity contribution in [3.8, 4) is 16.9 Å². The van der Waals surface area contributed by atoms with Crippen molar-refractivity contribution in [2.75, 3.05) is 5.75 Å². The van der Waals surface area contributed by atoms with Crippen molar-refractivity contribution in [2.45, 2.75) is 5.75 Å². The fraction of sp³-hybridized carbons (Fsp3) is 0.133. The van der Waals surface area contributed by atoms with Gasteiger partial charge in [0.1, 0.15) is 11.5 Å². The minimum Gasteiger partial charge on any atom is -0.508 e. The molecule has 2 aromatic carbocycles. The molecule has 1 amide bonds. The predicted octanol–water partition coefficient (Wildman–Crippen LogP) is 1.79. The third kappa shape index (κ3) is 3.68. The van der Waals surface area contributed by atoms with Gasteiger partial charge in [-0.2, -0.15) is 0 Å². The van der Waals surface area contributed by atoms with Crippen LogP contribution in [0.25, 0.3) is 11.1 Å². The summed E-state index contributed by atoms with van der Waals surface area (Å²) >= 11 is 0. The maximum Gasteiger partial charge on any atom is 0.230 e. The van der Waals surface area contributed by atoms with Gasteiger partial charge < -0.3 is 10.8 Å². The quantitative estimate of drug-likeness (QED) is 0.880. The first-order valence-electron chi connectivity index (χ1n) is 6.07. The molecule has 0 fully saturated rings. The van der Waals surface area contributed by atoms with Crippen molar-refractivity contribution in [1.29, 1.82) is 0 Å². The van der Waals surface area contributed by atoms with Crippen LogP contribution in [0.15, 0.2) is 48.5 Å². The first-order valence-corrected chi connectivity index (χ1v) is 7.55. The van der Waals surface area contributed by atoms with Gasteiger partial charge in [0.05, 0.1) is 0 Å². The third-order valence-corrected chi connectivity index (χ3v) is 4.05. The molecule has 2 rings (SSSR count). The lowest BCUT2D eigenvalue weighted by Gasteiger charge is -2.09. The summed E-state index contributed by atoms with van der Waals surface area (Å²) in [5, 5.41) is 9.32. The van der Waals surface area contributed by atoms with Crippen LogP contribution in [0.1, 0.15) is 5.56 Å². The van der Waals surface area contributed by atoms with Gasteiger partial charge in [-0.05, 0) is 28.8 Å². The average Bonchev–Trinajstić information content (AvgIpc) is 2.39. The van der Waals surface area contributed by atoms with Crippen LogP contribution in [-0.4, -0.2) is 21.0 Å². The number of carbonyl (C=O) groups excluding carboxylic acids is 1. The molecule has 0 heterocycles. The molecule has 0 aliphatic heterocycles. The second-order valence-electron chi connectivity index (χ2n) is 4.40. The summed E-state index contributed by atoms with van der Waals surface area (Å²) < 4.78 is 11.8. The molecule has 0 saturated carbocycles. The van der Waals surface area contributed by atoms with Crippen LogP contribution in [0.5, 0.6) is 5.75 Å². The molecule has 20 heavy (non-hydrogen) atoms. The SMILES string of the molecule is NC(=O)C[S@@](=O)Cc1ccccc1-c1ccc(O)cc1. The van der Waals surface area contributed by atoms with Crippen molar-refractivity contribution in [3.05, 3.63) is 54.1 Å². The minimum absolute atomic E-state index is 0.135. The van der Waals surface area contributed by atoms with E-state index in [2.05, 4.69) is 0 Å². The van der Waals surface area contributed by atoms with Crippen LogP contribution in [0.4, 0.5) is 0 Å². The average molecular weight is 289 g/mol. The number of aromatic hydroxyl groups is 1. The highest BCUT2D eigenvalue weighted by molar-refractivity contribution is 7.84. The molecule has 0 spiro atoms. The smallest absolute Gasteiger partial charge is 0.230 e. The van der Waals surface area contributed by atoms with Gasteiger partial charge in [-0.15, -0.1) is 0 Å². The number of nitrogens with two attached hydrogens (primary N) is 1. The minimum atomic E-state index is -1.31. The van der Waals surface area contributed by atoms with Gasteiger partial charge in [0, 0.05) is 16.6 Å². The van der Waals surface area contributed by atoms with E-state index in [0.29, 0.717) is 0 Å². The molecule has 0 aliphatic rings. The maximum absolute atomic E-state index is 11.8. The van der Waals surface area contributed by atoms with E-state index in [-0.39, 0.29) is 17.3 Å². The number of phenolic OH excluding ortho intramolecular Hbond substituents is 1. The number of rotatable bonds is 5. The Morgan fingerprint density at radius 2 is 1.75 bits per heavy atom. The predicted molar refractivity (Wildman–Crippen MR) is 79.5 cm³/mol. The van der Waals surface area contributed by atoms with E-state index in [4.69, 9.17) is 5.73 Å². The highest BCUT2D eigenvalue weighted by atomic mass is 32.2. The summed E-state index contributed by atoms with van der Waals surface area (Å²) in [6.45, 7) is 0. The Labute approximate surface area is 119 Å². The van der Waals surface area contributed by atoms with Crippen LogP contribution in [0, 0.1) is 0 Å². The molecule has 0 aliphatic carbocycles. The Kier molecular flexibility index (Phi) is 4.53. The Morgan fingerprint density at radius 1 is 1.10 bits per heavy atom. The molecule has 0 saturated heterocycles. The van der Waals surface area contributed by atoms with Crippen LogP contribution in [0.3, 0.4) is 0 Å². The molecule has 104 valence electrons. The maximum atomic E-state index is 11.8. The molecule has 1 atom stereocenters. The fourth-order valence-electron chi connectivity index (χ4n) is 1.95. The van der Waals surface area contributed by atoms with Gasteiger partial charge in [-0.1, -0.05) is 36.4 Å². The van der Waals surface area contributed by atoms with Crippen LogP contribution >= 0.6 is 0 Å². The van der Waals surface area contributed by atoms with E-state index in [0.717, 1.165) is 16.7 Å². The summed E-state index contributed by atoms with van der Waals surface area (Å²) in [4.78, 5) is 10.8. The van der Waals surface area contributed by atoms with E-state index in [1.807, 2.05) is 24.3 Å². The van der Waals surface area contributed by atoms with Gasteiger partial charge >= 0.3 is 0 Å². The number of amides is 1. The summed E-state index contributed by atoms with van der Waals surface area (Å²) in [7, 11) is -1.31. The number of carbonyl (C=O) groups is 1. The van der Waals surface area contributed by atoms with E-state index in [1.165, 1.54) is 0 Å².